The Morgan fingerprint density at radius 1 is 1.03 bits per heavy atom. The highest BCUT2D eigenvalue weighted by Crippen LogP contribution is 2.27. The number of ether oxygens (including phenoxy) is 1. The third kappa shape index (κ3) is 5.11. The lowest BCUT2D eigenvalue weighted by molar-refractivity contribution is 0.102. The first-order valence-corrected chi connectivity index (χ1v) is 11.8. The lowest BCUT2D eigenvalue weighted by Gasteiger charge is -2.13. The Bertz CT molecular complexity index is 1520. The number of methoxy groups -OCH3 is 1. The standard InChI is InChI=1S/C23H21FN6O4S/c1-14-7-9-19(13-20(14)24)35(32,33)27-18-6-4-5-16(11-18)23(31)25-17-8-10-22(34-3)21(12-17)30-15(2)26-28-29-30/h4-13,27H,1-3H3,(H,25,31). The number of hydrogen-bond donors (Lipinski definition) is 2. The minimum Gasteiger partial charge on any atom is -0.494 e. The van der Waals surface area contributed by atoms with Crippen LogP contribution in [-0.4, -0.2) is 41.6 Å². The summed E-state index contributed by atoms with van der Waals surface area (Å²) >= 11 is 0. The molecule has 180 valence electrons. The van der Waals surface area contributed by atoms with Gasteiger partial charge in [0.1, 0.15) is 17.3 Å². The number of sulfonamides is 1. The number of rotatable bonds is 7. The second-order valence-electron chi connectivity index (χ2n) is 7.58. The van der Waals surface area contributed by atoms with E-state index in [0.717, 1.165) is 6.07 Å². The third-order valence-electron chi connectivity index (χ3n) is 5.12. The van der Waals surface area contributed by atoms with Gasteiger partial charge in [0.05, 0.1) is 12.0 Å². The highest BCUT2D eigenvalue weighted by molar-refractivity contribution is 7.92. The summed E-state index contributed by atoms with van der Waals surface area (Å²) < 4.78 is 48.4. The molecule has 0 fully saturated rings. The first-order chi connectivity index (χ1) is 16.7. The number of nitrogens with zero attached hydrogens (tertiary/aromatic N) is 4. The van der Waals surface area contributed by atoms with Crippen molar-refractivity contribution in [1.82, 2.24) is 20.2 Å². The van der Waals surface area contributed by atoms with E-state index < -0.39 is 21.7 Å². The number of carbonyl (C=O) groups is 1. The number of hydrogen-bond acceptors (Lipinski definition) is 7. The van der Waals surface area contributed by atoms with Crippen LogP contribution in [0.1, 0.15) is 21.7 Å². The van der Waals surface area contributed by atoms with Crippen molar-refractivity contribution in [3.63, 3.8) is 0 Å². The molecule has 0 atom stereocenters. The van der Waals surface area contributed by atoms with Crippen LogP contribution in [0.4, 0.5) is 15.8 Å². The lowest BCUT2D eigenvalue weighted by atomic mass is 10.2. The third-order valence-corrected chi connectivity index (χ3v) is 6.50. The Morgan fingerprint density at radius 2 is 1.83 bits per heavy atom. The smallest absolute Gasteiger partial charge is 0.261 e. The Hall–Kier alpha value is -4.32. The first kappa shape index (κ1) is 23.8. The van der Waals surface area contributed by atoms with E-state index in [1.54, 1.807) is 25.1 Å². The fourth-order valence-corrected chi connectivity index (χ4v) is 4.33. The van der Waals surface area contributed by atoms with E-state index in [-0.39, 0.29) is 16.1 Å². The molecule has 0 aliphatic heterocycles. The van der Waals surface area contributed by atoms with Crippen molar-refractivity contribution < 1.29 is 22.3 Å². The van der Waals surface area contributed by atoms with Gasteiger partial charge in [-0.2, -0.15) is 4.68 Å². The lowest BCUT2D eigenvalue weighted by Crippen LogP contribution is -2.15. The summed E-state index contributed by atoms with van der Waals surface area (Å²) in [6.45, 7) is 3.26. The SMILES string of the molecule is COc1ccc(NC(=O)c2cccc(NS(=O)(=O)c3ccc(C)c(F)c3)c2)cc1-n1nnnc1C. The number of amides is 1. The fourth-order valence-electron chi connectivity index (χ4n) is 3.27. The Labute approximate surface area is 200 Å². The van der Waals surface area contributed by atoms with E-state index in [2.05, 4.69) is 25.6 Å². The average molecular weight is 497 g/mol. The van der Waals surface area contributed by atoms with Gasteiger partial charge in [0.15, 0.2) is 5.82 Å². The molecule has 0 aliphatic rings. The van der Waals surface area contributed by atoms with Gasteiger partial charge in [0.2, 0.25) is 0 Å². The molecule has 12 heteroatoms. The van der Waals surface area contributed by atoms with Crippen molar-refractivity contribution in [3.8, 4) is 11.4 Å². The normalized spacial score (nSPS) is 11.2. The molecule has 0 aliphatic carbocycles. The van der Waals surface area contributed by atoms with E-state index in [4.69, 9.17) is 4.74 Å². The zero-order valence-corrected chi connectivity index (χ0v) is 19.8. The molecular formula is C23H21FN6O4S. The Morgan fingerprint density at radius 3 is 2.51 bits per heavy atom. The van der Waals surface area contributed by atoms with E-state index in [1.807, 2.05) is 0 Å². The summed E-state index contributed by atoms with van der Waals surface area (Å²) in [7, 11) is -2.55. The second-order valence-corrected chi connectivity index (χ2v) is 9.26. The Balaban J connectivity index is 1.56. The topological polar surface area (TPSA) is 128 Å². The molecule has 1 aromatic heterocycles. The number of aromatic nitrogens is 4. The molecule has 0 unspecified atom stereocenters. The highest BCUT2D eigenvalue weighted by Gasteiger charge is 2.17. The van der Waals surface area contributed by atoms with Crippen molar-refractivity contribution in [1.29, 1.82) is 0 Å². The van der Waals surface area contributed by atoms with Gasteiger partial charge in [-0.15, -0.1) is 5.10 Å². The van der Waals surface area contributed by atoms with Gasteiger partial charge in [-0.25, -0.2) is 12.8 Å². The van der Waals surface area contributed by atoms with Crippen LogP contribution in [0.5, 0.6) is 5.75 Å². The van der Waals surface area contributed by atoms with Crippen LogP contribution in [-0.2, 0) is 10.0 Å². The number of benzene rings is 3. The quantitative estimate of drug-likeness (QED) is 0.401. The zero-order valence-electron chi connectivity index (χ0n) is 19.0. The van der Waals surface area contributed by atoms with E-state index >= 15 is 0 Å². The molecule has 10 nitrogen and oxygen atoms in total. The van der Waals surface area contributed by atoms with Crippen molar-refractivity contribution in [2.24, 2.45) is 0 Å². The molecule has 4 rings (SSSR count). The number of tetrazole rings is 1. The molecule has 3 aromatic carbocycles. The Kier molecular flexibility index (Phi) is 6.47. The maximum absolute atomic E-state index is 13.8. The largest absolute Gasteiger partial charge is 0.494 e. The molecule has 2 N–H and O–H groups in total. The van der Waals surface area contributed by atoms with Crippen molar-refractivity contribution in [3.05, 3.63) is 83.4 Å². The molecule has 1 heterocycles. The van der Waals surface area contributed by atoms with Crippen LogP contribution in [0.25, 0.3) is 5.69 Å². The zero-order chi connectivity index (χ0) is 25.2. The van der Waals surface area contributed by atoms with Crippen molar-refractivity contribution in [2.75, 3.05) is 17.1 Å². The van der Waals surface area contributed by atoms with Gasteiger partial charge in [0.25, 0.3) is 15.9 Å². The van der Waals surface area contributed by atoms with Crippen LogP contribution in [0.3, 0.4) is 0 Å². The maximum Gasteiger partial charge on any atom is 0.261 e. The highest BCUT2D eigenvalue weighted by atomic mass is 32.2. The fraction of sp³-hybridized carbons (Fsp3) is 0.130. The molecule has 1 amide bonds. The van der Waals surface area contributed by atoms with Crippen LogP contribution in [0, 0.1) is 19.7 Å². The van der Waals surface area contributed by atoms with Crippen LogP contribution >= 0.6 is 0 Å². The van der Waals surface area contributed by atoms with Gasteiger partial charge in [0, 0.05) is 16.9 Å². The van der Waals surface area contributed by atoms with E-state index in [1.165, 1.54) is 55.1 Å². The summed E-state index contributed by atoms with van der Waals surface area (Å²) in [6, 6.07) is 14.5. The monoisotopic (exact) mass is 496 g/mol. The van der Waals surface area contributed by atoms with Crippen LogP contribution < -0.4 is 14.8 Å². The summed E-state index contributed by atoms with van der Waals surface area (Å²) in [5.41, 5.74) is 1.66. The molecule has 0 radical (unpaired) electrons. The van der Waals surface area contributed by atoms with Crippen molar-refractivity contribution >= 4 is 27.3 Å². The summed E-state index contributed by atoms with van der Waals surface area (Å²) in [5.74, 6) is -0.0729. The number of anilines is 2. The molecule has 4 aromatic rings. The minimum absolute atomic E-state index is 0.151. The summed E-state index contributed by atoms with van der Waals surface area (Å²) in [6.07, 6.45) is 0. The first-order valence-electron chi connectivity index (χ1n) is 10.3. The van der Waals surface area contributed by atoms with Gasteiger partial charge >= 0.3 is 0 Å². The summed E-state index contributed by atoms with van der Waals surface area (Å²) in [4.78, 5) is 12.7. The number of nitrogens with one attached hydrogen (secondary N) is 2. The van der Waals surface area contributed by atoms with Crippen LogP contribution in [0.2, 0.25) is 0 Å². The minimum atomic E-state index is -4.05. The van der Waals surface area contributed by atoms with Gasteiger partial charge in [-0.05, 0) is 78.4 Å². The molecule has 0 bridgehead atoms. The maximum atomic E-state index is 13.8. The molecule has 0 saturated carbocycles. The second kappa shape index (κ2) is 9.50. The van der Waals surface area contributed by atoms with Gasteiger partial charge in [-0.1, -0.05) is 12.1 Å². The average Bonchev–Trinajstić information content (AvgIpc) is 3.26. The van der Waals surface area contributed by atoms with Gasteiger partial charge < -0.3 is 10.1 Å². The van der Waals surface area contributed by atoms with Crippen molar-refractivity contribution in [2.45, 2.75) is 18.7 Å². The van der Waals surface area contributed by atoms with E-state index in [0.29, 0.717) is 28.5 Å². The van der Waals surface area contributed by atoms with Gasteiger partial charge in [-0.3, -0.25) is 9.52 Å². The van der Waals surface area contributed by atoms with E-state index in [9.17, 15) is 17.6 Å². The molecule has 0 saturated heterocycles. The number of aryl methyl sites for hydroxylation is 2. The molecular weight excluding hydrogens is 475 g/mol. The summed E-state index contributed by atoms with van der Waals surface area (Å²) in [5, 5.41) is 14.2. The predicted octanol–water partition coefficient (Wildman–Crippen LogP) is 3.48. The molecule has 35 heavy (non-hydrogen) atoms. The number of carbonyl (C=O) groups excluding carboxylic acids is 1. The van der Waals surface area contributed by atoms with Crippen LogP contribution in [0.15, 0.2) is 65.6 Å². The molecule has 0 spiro atoms. The predicted molar refractivity (Wildman–Crippen MR) is 127 cm³/mol. The number of halogens is 1.